The fourth-order valence-corrected chi connectivity index (χ4v) is 6.32. The molecule has 44 heavy (non-hydrogen) atoms. The molecule has 1 unspecified atom stereocenters. The highest BCUT2D eigenvalue weighted by molar-refractivity contribution is 8.45. The number of pyridine rings is 1. The molecule has 1 saturated heterocycles. The van der Waals surface area contributed by atoms with Gasteiger partial charge in [-0.15, -0.1) is 0 Å². The largest absolute Gasteiger partial charge is 0.379 e. The van der Waals surface area contributed by atoms with Gasteiger partial charge in [0.15, 0.2) is 6.19 Å². The number of nitrogens with zero attached hydrogens (tertiary/aromatic N) is 4. The van der Waals surface area contributed by atoms with Gasteiger partial charge in [-0.25, -0.2) is 0 Å². The van der Waals surface area contributed by atoms with Crippen LogP contribution in [0.15, 0.2) is 53.7 Å². The summed E-state index contributed by atoms with van der Waals surface area (Å²) in [7, 11) is -8.62. The Labute approximate surface area is 253 Å². The predicted octanol–water partition coefficient (Wildman–Crippen LogP) is 5.81. The van der Waals surface area contributed by atoms with Crippen LogP contribution in [-0.2, 0) is 14.3 Å². The van der Waals surface area contributed by atoms with Crippen LogP contribution in [-0.4, -0.2) is 65.6 Å². The van der Waals surface area contributed by atoms with Crippen molar-refractivity contribution in [3.63, 3.8) is 0 Å². The lowest BCUT2D eigenvalue weighted by Gasteiger charge is -2.41. The molecule has 9 nitrogen and oxygen atoms in total. The number of hydrogen-bond donors (Lipinski definition) is 2. The highest BCUT2D eigenvalue weighted by Gasteiger charge is 2.65. The number of methoxy groups -OCH3 is 1. The lowest BCUT2D eigenvalue weighted by Crippen LogP contribution is -2.56. The van der Waals surface area contributed by atoms with E-state index in [0.717, 1.165) is 42.7 Å². The third-order valence-corrected chi connectivity index (χ3v) is 9.13. The summed E-state index contributed by atoms with van der Waals surface area (Å²) in [6.45, 7) is 4.06. The Kier molecular flexibility index (Phi) is 8.95. The first-order valence-electron chi connectivity index (χ1n) is 14.2. The highest BCUT2D eigenvalue weighted by atomic mass is 32.5. The maximum Gasteiger partial charge on any atom is 0.310 e. The van der Waals surface area contributed by atoms with Crippen molar-refractivity contribution in [2.45, 2.75) is 80.6 Å². The van der Waals surface area contributed by atoms with Crippen molar-refractivity contribution in [2.75, 3.05) is 25.1 Å². The van der Waals surface area contributed by atoms with Crippen LogP contribution in [0.4, 0.5) is 25.1 Å². The molecule has 3 atom stereocenters. The minimum Gasteiger partial charge on any atom is -0.379 e. The van der Waals surface area contributed by atoms with Crippen molar-refractivity contribution >= 4 is 27.7 Å². The number of carbonyl (C=O) groups is 2. The number of nitriles is 1. The molecule has 242 valence electrons. The number of anilines is 1. The van der Waals surface area contributed by atoms with Crippen molar-refractivity contribution in [2.24, 2.45) is 0 Å². The molecule has 4 rings (SSSR count). The van der Waals surface area contributed by atoms with Gasteiger partial charge in [0.1, 0.15) is 17.0 Å². The molecule has 2 heterocycles. The molecule has 0 bridgehead atoms. The summed E-state index contributed by atoms with van der Waals surface area (Å²) in [4.78, 5) is 32.5. The van der Waals surface area contributed by atoms with Gasteiger partial charge in [-0.3, -0.25) is 24.4 Å². The van der Waals surface area contributed by atoms with Crippen molar-refractivity contribution in [1.82, 2.24) is 20.5 Å². The molecule has 2 fully saturated rings. The van der Waals surface area contributed by atoms with E-state index < -0.39 is 50.7 Å². The Morgan fingerprint density at radius 2 is 1.82 bits per heavy atom. The van der Waals surface area contributed by atoms with Crippen LogP contribution < -0.4 is 15.5 Å². The molecule has 1 aromatic carbocycles. The van der Waals surface area contributed by atoms with E-state index in [9.17, 15) is 34.3 Å². The van der Waals surface area contributed by atoms with E-state index in [1.807, 2.05) is 6.19 Å². The molecule has 1 aromatic heterocycles. The number of amides is 2. The molecular formula is C29H37F5N6O3S. The quantitative estimate of drug-likeness (QED) is 0.235. The minimum absolute atomic E-state index is 0.0567. The number of aromatic nitrogens is 1. The number of carbonyl (C=O) groups excluding carboxylic acids is 2. The molecular weight excluding hydrogens is 607 g/mol. The van der Waals surface area contributed by atoms with Crippen LogP contribution >= 0.6 is 10.2 Å². The van der Waals surface area contributed by atoms with Gasteiger partial charge in [0.2, 0.25) is 5.91 Å². The Morgan fingerprint density at radius 1 is 1.16 bits per heavy atom. The minimum atomic E-state index is -10.0. The Hall–Kier alpha value is -3.48. The zero-order valence-electron chi connectivity index (χ0n) is 24.7. The molecule has 1 saturated carbocycles. The normalized spacial score (nSPS) is 21.7. The van der Waals surface area contributed by atoms with E-state index >= 15 is 0 Å². The van der Waals surface area contributed by atoms with Gasteiger partial charge < -0.3 is 15.4 Å². The van der Waals surface area contributed by atoms with Crippen molar-refractivity contribution in [3.05, 3.63) is 54.4 Å². The topological polar surface area (TPSA) is 111 Å². The summed E-state index contributed by atoms with van der Waals surface area (Å²) in [5.41, 5.74) is -0.849. The second kappa shape index (κ2) is 11.8. The second-order valence-corrected chi connectivity index (χ2v) is 14.4. The Bertz CT molecular complexity index is 1380. The highest BCUT2D eigenvalue weighted by Crippen LogP contribution is 3.02. The third-order valence-electron chi connectivity index (χ3n) is 7.96. The first-order chi connectivity index (χ1) is 20.4. The summed E-state index contributed by atoms with van der Waals surface area (Å²) >= 11 is 0. The zero-order valence-corrected chi connectivity index (χ0v) is 25.5. The molecule has 0 spiro atoms. The maximum atomic E-state index is 14.3. The molecule has 1 aliphatic heterocycles. The molecule has 2 aliphatic rings. The van der Waals surface area contributed by atoms with Gasteiger partial charge in [0.05, 0.1) is 12.6 Å². The maximum absolute atomic E-state index is 14.3. The van der Waals surface area contributed by atoms with Crippen LogP contribution in [0.3, 0.4) is 0 Å². The van der Waals surface area contributed by atoms with Gasteiger partial charge >= 0.3 is 10.2 Å². The van der Waals surface area contributed by atoms with E-state index in [4.69, 9.17) is 4.74 Å². The summed E-state index contributed by atoms with van der Waals surface area (Å²) in [6, 6.07) is 2.60. The first kappa shape index (κ1) is 33.4. The van der Waals surface area contributed by atoms with E-state index in [-0.39, 0.29) is 36.3 Å². The molecule has 1 aliphatic carbocycles. The third kappa shape index (κ3) is 7.96. The summed E-state index contributed by atoms with van der Waals surface area (Å²) in [6.07, 6.45) is 8.51. The van der Waals surface area contributed by atoms with Gasteiger partial charge in [-0.2, -0.15) is 5.26 Å². The standard InChI is InChI=1S/C29H37F5N6O3S/c1-29(2,18-37-21-8-4-5-9-21)38-27(41)26(20-7-6-14-36-16-20)40(28(42)25-15-23(43-3)17-39(25)19-35)22-10-12-24(13-11-22)44(30,31,32,33)34/h6-7,10-14,16,21,23,25-26,37H,4-5,8-9,15,17-18H2,1-3H3,(H,38,41)/t23-,25-,26?/m1/s1. The van der Waals surface area contributed by atoms with Crippen LogP contribution in [0.5, 0.6) is 0 Å². The van der Waals surface area contributed by atoms with Crippen LogP contribution in [0.2, 0.25) is 0 Å². The van der Waals surface area contributed by atoms with Crippen LogP contribution in [0, 0.1) is 11.5 Å². The van der Waals surface area contributed by atoms with Gasteiger partial charge in [0, 0.05) is 55.3 Å². The van der Waals surface area contributed by atoms with E-state index in [2.05, 4.69) is 15.6 Å². The SMILES string of the molecule is CO[C@@H]1C[C@H](C(=O)N(c2ccc(S(F)(F)(F)(F)F)cc2)C(C(=O)NC(C)(C)CNC2CCCC2)c2cccnc2)N(C#N)C1. The number of ether oxygens (including phenoxy) is 1. The van der Waals surface area contributed by atoms with Crippen LogP contribution in [0.25, 0.3) is 0 Å². The molecule has 2 N–H and O–H groups in total. The number of benzene rings is 1. The average Bonchev–Trinajstić information content (AvgIpc) is 3.63. The van der Waals surface area contributed by atoms with Crippen LogP contribution in [0.1, 0.15) is 57.6 Å². The number of rotatable bonds is 11. The second-order valence-electron chi connectivity index (χ2n) is 12.0. The number of nitrogens with one attached hydrogen (secondary N) is 2. The average molecular weight is 645 g/mol. The summed E-state index contributed by atoms with van der Waals surface area (Å²) in [5.74, 6) is -1.47. The number of hydrogen-bond acceptors (Lipinski definition) is 7. The smallest absolute Gasteiger partial charge is 0.310 e. The summed E-state index contributed by atoms with van der Waals surface area (Å²) < 4.78 is 73.2. The van der Waals surface area contributed by atoms with E-state index in [1.165, 1.54) is 36.5 Å². The molecule has 15 heteroatoms. The van der Waals surface area contributed by atoms with E-state index in [0.29, 0.717) is 12.6 Å². The molecule has 0 radical (unpaired) electrons. The summed E-state index contributed by atoms with van der Waals surface area (Å²) in [5, 5.41) is 16.1. The monoisotopic (exact) mass is 644 g/mol. The number of halogens is 5. The van der Waals surface area contributed by atoms with Gasteiger partial charge in [-0.05, 0) is 57.0 Å². The van der Waals surface area contributed by atoms with E-state index in [1.54, 1.807) is 13.8 Å². The van der Waals surface area contributed by atoms with Crippen molar-refractivity contribution < 1.29 is 33.8 Å². The predicted molar refractivity (Wildman–Crippen MR) is 156 cm³/mol. The lowest BCUT2D eigenvalue weighted by molar-refractivity contribution is -0.129. The fraction of sp³-hybridized carbons (Fsp3) is 0.517. The Balaban J connectivity index is 1.77. The lowest BCUT2D eigenvalue weighted by atomic mass is 9.99. The number of likely N-dealkylation sites (tertiary alicyclic amines) is 1. The fourth-order valence-electron chi connectivity index (χ4n) is 5.67. The zero-order chi connectivity index (χ0) is 32.4. The Morgan fingerprint density at radius 3 is 2.36 bits per heavy atom. The van der Waals surface area contributed by atoms with Crippen molar-refractivity contribution in [1.29, 1.82) is 5.26 Å². The van der Waals surface area contributed by atoms with Gasteiger partial charge in [-0.1, -0.05) is 38.3 Å². The van der Waals surface area contributed by atoms with Crippen molar-refractivity contribution in [3.8, 4) is 6.19 Å². The first-order valence-corrected chi connectivity index (χ1v) is 16.2. The van der Waals surface area contributed by atoms with Gasteiger partial charge in [0.25, 0.3) is 5.91 Å². The molecule has 2 amide bonds. The molecule has 2 aromatic rings.